The highest BCUT2D eigenvalue weighted by Gasteiger charge is 2.33. The molecule has 1 heterocycles. The summed E-state index contributed by atoms with van der Waals surface area (Å²) in [5.41, 5.74) is -0.975. The van der Waals surface area contributed by atoms with Gasteiger partial charge in [-0.15, -0.1) is 0 Å². The van der Waals surface area contributed by atoms with E-state index in [1.54, 1.807) is 6.92 Å². The lowest BCUT2D eigenvalue weighted by Crippen LogP contribution is -2.16. The van der Waals surface area contributed by atoms with E-state index in [4.69, 9.17) is 4.74 Å². The molecule has 108 valence electrons. The highest BCUT2D eigenvalue weighted by Crippen LogP contribution is 2.29. The summed E-state index contributed by atoms with van der Waals surface area (Å²) >= 11 is 0. The van der Waals surface area contributed by atoms with Gasteiger partial charge in [-0.3, -0.25) is 0 Å². The van der Waals surface area contributed by atoms with Crippen LogP contribution in [0.2, 0.25) is 0 Å². The molecule has 0 atom stereocenters. The van der Waals surface area contributed by atoms with E-state index < -0.39 is 11.9 Å². The molecule has 0 saturated carbocycles. The number of rotatable bonds is 7. The zero-order valence-electron chi connectivity index (χ0n) is 10.8. The maximum absolute atomic E-state index is 12.7. The van der Waals surface area contributed by atoms with Crippen LogP contribution in [0.3, 0.4) is 0 Å². The first kappa shape index (κ1) is 15.5. The summed E-state index contributed by atoms with van der Waals surface area (Å²) < 4.78 is 43.1. The van der Waals surface area contributed by atoms with Crippen molar-refractivity contribution in [1.82, 2.24) is 9.97 Å². The van der Waals surface area contributed by atoms with Crippen molar-refractivity contribution in [2.75, 3.05) is 36.9 Å². The Morgan fingerprint density at radius 1 is 1.21 bits per heavy atom. The SMILES string of the molecule is CCNc1nc(NCCOCC)cc(C(F)(F)F)n1. The van der Waals surface area contributed by atoms with E-state index in [1.165, 1.54) is 0 Å². The fourth-order valence-electron chi connectivity index (χ4n) is 1.32. The lowest BCUT2D eigenvalue weighted by atomic mass is 10.3. The summed E-state index contributed by atoms with van der Waals surface area (Å²) in [5.74, 6) is 0.0780. The van der Waals surface area contributed by atoms with E-state index in [0.717, 1.165) is 6.07 Å². The van der Waals surface area contributed by atoms with E-state index >= 15 is 0 Å². The van der Waals surface area contributed by atoms with Crippen molar-refractivity contribution in [3.8, 4) is 0 Å². The number of alkyl halides is 3. The lowest BCUT2D eigenvalue weighted by molar-refractivity contribution is -0.141. The summed E-state index contributed by atoms with van der Waals surface area (Å²) in [7, 11) is 0. The molecule has 0 aliphatic carbocycles. The third-order valence-electron chi connectivity index (χ3n) is 2.11. The van der Waals surface area contributed by atoms with Gasteiger partial charge in [0.25, 0.3) is 0 Å². The first-order valence-corrected chi connectivity index (χ1v) is 5.99. The van der Waals surface area contributed by atoms with Crippen LogP contribution in [-0.2, 0) is 10.9 Å². The van der Waals surface area contributed by atoms with Crippen LogP contribution in [0.1, 0.15) is 19.5 Å². The molecule has 0 unspecified atom stereocenters. The Hall–Kier alpha value is -1.57. The molecule has 5 nitrogen and oxygen atoms in total. The smallest absolute Gasteiger partial charge is 0.380 e. The second-order valence-electron chi connectivity index (χ2n) is 3.61. The molecule has 1 aromatic heterocycles. The van der Waals surface area contributed by atoms with Gasteiger partial charge in [0.1, 0.15) is 5.82 Å². The molecule has 0 bridgehead atoms. The molecule has 0 amide bonds. The zero-order valence-corrected chi connectivity index (χ0v) is 10.8. The topological polar surface area (TPSA) is 59.1 Å². The predicted octanol–water partition coefficient (Wildman–Crippen LogP) is 2.38. The van der Waals surface area contributed by atoms with E-state index in [-0.39, 0.29) is 11.8 Å². The largest absolute Gasteiger partial charge is 0.433 e. The minimum absolute atomic E-state index is 0.0452. The zero-order chi connectivity index (χ0) is 14.3. The van der Waals surface area contributed by atoms with Crippen molar-refractivity contribution < 1.29 is 17.9 Å². The quantitative estimate of drug-likeness (QED) is 0.750. The average molecular weight is 278 g/mol. The molecule has 8 heteroatoms. The second kappa shape index (κ2) is 7.13. The second-order valence-corrected chi connectivity index (χ2v) is 3.61. The molecule has 1 aromatic rings. The summed E-state index contributed by atoms with van der Waals surface area (Å²) in [6.07, 6.45) is -4.50. The van der Waals surface area contributed by atoms with Crippen molar-refractivity contribution in [2.45, 2.75) is 20.0 Å². The third-order valence-corrected chi connectivity index (χ3v) is 2.11. The van der Waals surface area contributed by atoms with E-state index in [1.807, 2.05) is 6.92 Å². The Labute approximate surface area is 109 Å². The number of hydrogen-bond donors (Lipinski definition) is 2. The predicted molar refractivity (Wildman–Crippen MR) is 66.2 cm³/mol. The Bertz CT molecular complexity index is 398. The monoisotopic (exact) mass is 278 g/mol. The Morgan fingerprint density at radius 2 is 1.95 bits per heavy atom. The maximum atomic E-state index is 12.7. The van der Waals surface area contributed by atoms with Crippen LogP contribution in [0.4, 0.5) is 24.9 Å². The van der Waals surface area contributed by atoms with Crippen LogP contribution >= 0.6 is 0 Å². The molecule has 0 aliphatic rings. The van der Waals surface area contributed by atoms with Gasteiger partial charge in [0.15, 0.2) is 5.69 Å². The minimum atomic E-state index is -4.50. The third kappa shape index (κ3) is 5.29. The van der Waals surface area contributed by atoms with Gasteiger partial charge in [-0.05, 0) is 13.8 Å². The number of aromatic nitrogens is 2. The van der Waals surface area contributed by atoms with Crippen molar-refractivity contribution in [3.63, 3.8) is 0 Å². The standard InChI is InChI=1S/C11H17F3N4O/c1-3-15-10-17-8(11(12,13)14)7-9(18-10)16-5-6-19-4-2/h7H,3-6H2,1-2H3,(H2,15,16,17,18). The fraction of sp³-hybridized carbons (Fsp3) is 0.636. The molecular formula is C11H17F3N4O. The molecule has 0 spiro atoms. The minimum Gasteiger partial charge on any atom is -0.380 e. The van der Waals surface area contributed by atoms with Gasteiger partial charge in [-0.25, -0.2) is 4.98 Å². The molecule has 0 saturated heterocycles. The van der Waals surface area contributed by atoms with Gasteiger partial charge < -0.3 is 15.4 Å². The lowest BCUT2D eigenvalue weighted by Gasteiger charge is -2.12. The van der Waals surface area contributed by atoms with Crippen molar-refractivity contribution in [3.05, 3.63) is 11.8 Å². The molecule has 0 radical (unpaired) electrons. The summed E-state index contributed by atoms with van der Waals surface area (Å²) in [4.78, 5) is 7.37. The molecule has 1 rings (SSSR count). The highest BCUT2D eigenvalue weighted by atomic mass is 19.4. The van der Waals surface area contributed by atoms with Gasteiger partial charge in [0.05, 0.1) is 6.61 Å². The average Bonchev–Trinajstić information content (AvgIpc) is 2.34. The van der Waals surface area contributed by atoms with Gasteiger partial charge in [0, 0.05) is 25.8 Å². The van der Waals surface area contributed by atoms with E-state index in [9.17, 15) is 13.2 Å². The molecule has 0 aromatic carbocycles. The van der Waals surface area contributed by atoms with Crippen molar-refractivity contribution in [1.29, 1.82) is 0 Å². The molecule has 0 fully saturated rings. The normalized spacial score (nSPS) is 11.4. The Morgan fingerprint density at radius 3 is 2.53 bits per heavy atom. The van der Waals surface area contributed by atoms with Crippen LogP contribution < -0.4 is 10.6 Å². The summed E-state index contributed by atoms with van der Waals surface area (Å²) in [6, 6.07) is 0.882. The van der Waals surface area contributed by atoms with Crippen LogP contribution in [0.5, 0.6) is 0 Å². The molecule has 2 N–H and O–H groups in total. The van der Waals surface area contributed by atoms with Crippen molar-refractivity contribution >= 4 is 11.8 Å². The van der Waals surface area contributed by atoms with Gasteiger partial charge in [-0.1, -0.05) is 0 Å². The van der Waals surface area contributed by atoms with E-state index in [0.29, 0.717) is 26.3 Å². The van der Waals surface area contributed by atoms with Crippen LogP contribution in [0, 0.1) is 0 Å². The van der Waals surface area contributed by atoms with Gasteiger partial charge in [0.2, 0.25) is 5.95 Å². The number of hydrogen-bond acceptors (Lipinski definition) is 5. The molecule has 19 heavy (non-hydrogen) atoms. The highest BCUT2D eigenvalue weighted by molar-refractivity contribution is 5.43. The molecular weight excluding hydrogens is 261 g/mol. The Balaban J connectivity index is 2.81. The summed E-state index contributed by atoms with van der Waals surface area (Å²) in [5, 5.41) is 5.44. The van der Waals surface area contributed by atoms with Crippen LogP contribution in [-0.4, -0.2) is 36.3 Å². The fourth-order valence-corrected chi connectivity index (χ4v) is 1.32. The van der Waals surface area contributed by atoms with Gasteiger partial charge >= 0.3 is 6.18 Å². The maximum Gasteiger partial charge on any atom is 0.433 e. The number of anilines is 2. The van der Waals surface area contributed by atoms with Gasteiger partial charge in [-0.2, -0.15) is 18.2 Å². The first-order chi connectivity index (χ1) is 8.97. The number of halogens is 3. The number of nitrogens with one attached hydrogen (secondary N) is 2. The summed E-state index contributed by atoms with van der Waals surface area (Å²) in [6.45, 7) is 5.38. The Kier molecular flexibility index (Phi) is 5.81. The number of nitrogens with zero attached hydrogens (tertiary/aromatic N) is 2. The molecule has 0 aliphatic heterocycles. The van der Waals surface area contributed by atoms with Crippen LogP contribution in [0.25, 0.3) is 0 Å². The van der Waals surface area contributed by atoms with E-state index in [2.05, 4.69) is 20.6 Å². The number of ether oxygens (including phenoxy) is 1. The first-order valence-electron chi connectivity index (χ1n) is 5.99. The van der Waals surface area contributed by atoms with Crippen molar-refractivity contribution in [2.24, 2.45) is 0 Å². The van der Waals surface area contributed by atoms with Crippen LogP contribution in [0.15, 0.2) is 6.07 Å².